The highest BCUT2D eigenvalue weighted by Gasteiger charge is 2.21. The molecule has 1 aromatic heterocycles. The van der Waals surface area contributed by atoms with Crippen molar-refractivity contribution < 1.29 is 9.53 Å². The number of carbonyl (C=O) groups is 1. The van der Waals surface area contributed by atoms with Gasteiger partial charge in [-0.2, -0.15) is 0 Å². The lowest BCUT2D eigenvalue weighted by Crippen LogP contribution is -2.20. The summed E-state index contributed by atoms with van der Waals surface area (Å²) in [4.78, 5) is 12.3. The molecular weight excluding hydrogens is 568 g/mol. The van der Waals surface area contributed by atoms with Crippen LogP contribution in [-0.2, 0) is 10.5 Å². The summed E-state index contributed by atoms with van der Waals surface area (Å²) in [6.07, 6.45) is 0. The SMILES string of the molecule is O=C(COc1c(Cl)c(Cl)c(Cl)c(Cl)c1Cl)Nc1nnc(SCc2cccc3ccccc23)s1. The molecule has 0 aliphatic rings. The predicted molar refractivity (Wildman–Crippen MR) is 139 cm³/mol. The van der Waals surface area contributed by atoms with Gasteiger partial charge in [-0.05, 0) is 16.3 Å². The third kappa shape index (κ3) is 5.62. The standard InChI is InChI=1S/C21H12Cl5N3O2S2/c22-14-15(23)17(25)19(18(26)16(14)24)31-8-13(30)27-20-28-29-21(33-20)32-9-11-6-3-5-10-4-1-2-7-12(10)11/h1-7H,8-9H2,(H,27,28,30). The van der Waals surface area contributed by atoms with Gasteiger partial charge in [-0.25, -0.2) is 0 Å². The highest BCUT2D eigenvalue weighted by atomic mass is 35.5. The van der Waals surface area contributed by atoms with Crippen molar-refractivity contribution in [2.24, 2.45) is 0 Å². The van der Waals surface area contributed by atoms with Crippen molar-refractivity contribution in [1.29, 1.82) is 0 Å². The third-order valence-corrected chi connectivity index (χ3v) is 8.66. The van der Waals surface area contributed by atoms with E-state index in [0.717, 1.165) is 10.1 Å². The van der Waals surface area contributed by atoms with Crippen molar-refractivity contribution in [2.75, 3.05) is 11.9 Å². The Morgan fingerprint density at radius 2 is 1.58 bits per heavy atom. The molecular formula is C21H12Cl5N3O2S2. The van der Waals surface area contributed by atoms with Gasteiger partial charge < -0.3 is 4.74 Å². The molecule has 3 aromatic carbocycles. The summed E-state index contributed by atoms with van der Waals surface area (Å²) >= 11 is 33.0. The number of fused-ring (bicyclic) bond motifs is 1. The fraction of sp³-hybridized carbons (Fsp3) is 0.0952. The highest BCUT2D eigenvalue weighted by Crippen LogP contribution is 2.48. The first-order chi connectivity index (χ1) is 15.8. The summed E-state index contributed by atoms with van der Waals surface area (Å²) in [6.45, 7) is -0.397. The number of ether oxygens (including phenoxy) is 1. The van der Waals surface area contributed by atoms with E-state index in [1.54, 1.807) is 11.8 Å². The largest absolute Gasteiger partial charge is 0.481 e. The van der Waals surface area contributed by atoms with Crippen LogP contribution in [0.4, 0.5) is 5.13 Å². The summed E-state index contributed by atoms with van der Waals surface area (Å²) in [6, 6.07) is 14.4. The Bertz CT molecular complexity index is 1310. The Morgan fingerprint density at radius 1 is 0.909 bits per heavy atom. The van der Waals surface area contributed by atoms with Crippen molar-refractivity contribution in [3.05, 3.63) is 73.1 Å². The van der Waals surface area contributed by atoms with Crippen molar-refractivity contribution in [3.63, 3.8) is 0 Å². The number of anilines is 1. The predicted octanol–water partition coefficient (Wildman–Crippen LogP) is 8.27. The number of hydrogen-bond acceptors (Lipinski definition) is 6. The normalized spacial score (nSPS) is 11.1. The molecule has 1 heterocycles. The maximum Gasteiger partial charge on any atom is 0.264 e. The second-order valence-electron chi connectivity index (χ2n) is 6.54. The average Bonchev–Trinajstić information content (AvgIpc) is 3.27. The van der Waals surface area contributed by atoms with Crippen LogP contribution < -0.4 is 10.1 Å². The number of carbonyl (C=O) groups excluding carboxylic acids is 1. The van der Waals surface area contributed by atoms with Gasteiger partial charge in [0.2, 0.25) is 5.13 Å². The van der Waals surface area contributed by atoms with Crippen molar-refractivity contribution in [1.82, 2.24) is 10.2 Å². The number of amides is 1. The first kappa shape index (κ1) is 24.7. The van der Waals surface area contributed by atoms with Gasteiger partial charge in [0.25, 0.3) is 5.91 Å². The van der Waals surface area contributed by atoms with Crippen LogP contribution in [0.1, 0.15) is 5.56 Å². The molecule has 0 aliphatic carbocycles. The van der Waals surface area contributed by atoms with Crippen LogP contribution in [0.3, 0.4) is 0 Å². The van der Waals surface area contributed by atoms with E-state index in [9.17, 15) is 4.79 Å². The molecule has 0 bridgehead atoms. The lowest BCUT2D eigenvalue weighted by Gasteiger charge is -2.13. The van der Waals surface area contributed by atoms with Crippen LogP contribution in [0.15, 0.2) is 46.8 Å². The Balaban J connectivity index is 1.36. The fourth-order valence-electron chi connectivity index (χ4n) is 2.88. The molecule has 12 heteroatoms. The molecule has 0 unspecified atom stereocenters. The molecule has 0 fully saturated rings. The second kappa shape index (κ2) is 10.9. The molecule has 33 heavy (non-hydrogen) atoms. The van der Waals surface area contributed by atoms with Gasteiger partial charge in [0.05, 0.1) is 15.1 Å². The molecule has 5 nitrogen and oxygen atoms in total. The van der Waals surface area contributed by atoms with Gasteiger partial charge in [0, 0.05) is 5.75 Å². The molecule has 0 radical (unpaired) electrons. The fourth-order valence-corrected chi connectivity index (χ4v) is 5.88. The van der Waals surface area contributed by atoms with Crippen molar-refractivity contribution >= 4 is 103 Å². The van der Waals surface area contributed by atoms with Crippen molar-refractivity contribution in [2.45, 2.75) is 10.1 Å². The topological polar surface area (TPSA) is 64.1 Å². The van der Waals surface area contributed by atoms with Crippen LogP contribution in [0.5, 0.6) is 5.75 Å². The minimum Gasteiger partial charge on any atom is -0.481 e. The van der Waals surface area contributed by atoms with Crippen LogP contribution in [-0.4, -0.2) is 22.7 Å². The quantitative estimate of drug-likeness (QED) is 0.103. The molecule has 0 aliphatic heterocycles. The molecule has 4 rings (SSSR count). The second-order valence-corrected chi connectivity index (χ2v) is 10.6. The van der Waals surface area contributed by atoms with Crippen LogP contribution in [0, 0.1) is 0 Å². The zero-order chi connectivity index (χ0) is 23.5. The minimum absolute atomic E-state index is 0.00697. The van der Waals surface area contributed by atoms with Crippen molar-refractivity contribution in [3.8, 4) is 5.75 Å². The molecule has 1 N–H and O–H groups in total. The van der Waals surface area contributed by atoms with Crippen LogP contribution >= 0.6 is 81.1 Å². The molecule has 0 saturated heterocycles. The van der Waals surface area contributed by atoms with Crippen LogP contribution in [0.25, 0.3) is 10.8 Å². The van der Waals surface area contributed by atoms with Gasteiger partial charge in [-0.1, -0.05) is 124 Å². The average molecular weight is 580 g/mol. The number of benzene rings is 3. The summed E-state index contributed by atoms with van der Waals surface area (Å²) in [7, 11) is 0. The smallest absolute Gasteiger partial charge is 0.264 e. The molecule has 1 amide bonds. The number of thioether (sulfide) groups is 1. The summed E-state index contributed by atoms with van der Waals surface area (Å²) in [5.74, 6) is 0.213. The first-order valence-electron chi connectivity index (χ1n) is 9.22. The lowest BCUT2D eigenvalue weighted by atomic mass is 10.1. The van der Waals surface area contributed by atoms with E-state index in [0.29, 0.717) is 5.13 Å². The molecule has 170 valence electrons. The zero-order valence-corrected chi connectivity index (χ0v) is 21.8. The Labute approximate surface area is 222 Å². The number of hydrogen-bond donors (Lipinski definition) is 1. The highest BCUT2D eigenvalue weighted by molar-refractivity contribution is 8.00. The van der Waals surface area contributed by atoms with E-state index in [2.05, 4.69) is 39.8 Å². The van der Waals surface area contributed by atoms with Gasteiger partial charge >= 0.3 is 0 Å². The Hall–Kier alpha value is -1.45. The lowest BCUT2D eigenvalue weighted by molar-refractivity contribution is -0.118. The Kier molecular flexibility index (Phi) is 8.12. The van der Waals surface area contributed by atoms with E-state index in [-0.39, 0.29) is 30.9 Å². The number of halogens is 5. The van der Waals surface area contributed by atoms with E-state index in [4.69, 9.17) is 62.7 Å². The van der Waals surface area contributed by atoms with E-state index >= 15 is 0 Å². The maximum absolute atomic E-state index is 12.3. The van der Waals surface area contributed by atoms with Gasteiger partial charge in [0.1, 0.15) is 10.0 Å². The van der Waals surface area contributed by atoms with E-state index in [1.807, 2.05) is 18.2 Å². The first-order valence-corrected chi connectivity index (χ1v) is 12.9. The number of nitrogens with zero attached hydrogens (tertiary/aromatic N) is 2. The monoisotopic (exact) mass is 577 g/mol. The van der Waals surface area contributed by atoms with Crippen LogP contribution in [0.2, 0.25) is 25.1 Å². The minimum atomic E-state index is -0.480. The molecule has 4 aromatic rings. The summed E-state index contributed by atoms with van der Waals surface area (Å²) < 4.78 is 6.14. The summed E-state index contributed by atoms with van der Waals surface area (Å²) in [5.41, 5.74) is 1.20. The van der Waals surface area contributed by atoms with Gasteiger partial charge in [-0.3, -0.25) is 10.1 Å². The molecule has 0 saturated carbocycles. The molecule has 0 atom stereocenters. The van der Waals surface area contributed by atoms with E-state index < -0.39 is 12.5 Å². The number of aromatic nitrogens is 2. The molecule has 0 spiro atoms. The maximum atomic E-state index is 12.3. The zero-order valence-electron chi connectivity index (χ0n) is 16.4. The number of nitrogens with one attached hydrogen (secondary N) is 1. The van der Waals surface area contributed by atoms with Gasteiger partial charge in [-0.15, -0.1) is 10.2 Å². The Morgan fingerprint density at radius 3 is 2.33 bits per heavy atom. The third-order valence-electron chi connectivity index (χ3n) is 4.40. The van der Waals surface area contributed by atoms with Gasteiger partial charge in [0.15, 0.2) is 16.7 Å². The number of rotatable bonds is 7. The summed E-state index contributed by atoms with van der Waals surface area (Å²) in [5, 5.41) is 13.4. The van der Waals surface area contributed by atoms with E-state index in [1.165, 1.54) is 27.7 Å².